The second-order valence-electron chi connectivity index (χ2n) is 6.28. The molecule has 1 fully saturated rings. The summed E-state index contributed by atoms with van der Waals surface area (Å²) in [5.41, 5.74) is 1.10. The Kier molecular flexibility index (Phi) is 5.39. The molecule has 5 nitrogen and oxygen atoms in total. The molecular formula is C16H28N4O. The molecule has 118 valence electrons. The lowest BCUT2D eigenvalue weighted by Gasteiger charge is -2.35. The van der Waals surface area contributed by atoms with Crippen molar-refractivity contribution in [3.63, 3.8) is 0 Å². The van der Waals surface area contributed by atoms with Crippen LogP contribution in [-0.2, 0) is 18.4 Å². The molecule has 1 aromatic heterocycles. The van der Waals surface area contributed by atoms with Gasteiger partial charge in [-0.25, -0.2) is 0 Å². The van der Waals surface area contributed by atoms with Gasteiger partial charge in [0.1, 0.15) is 0 Å². The third-order valence-electron chi connectivity index (χ3n) is 4.43. The first kappa shape index (κ1) is 16.0. The fraction of sp³-hybridized carbons (Fsp3) is 0.750. The zero-order valence-electron chi connectivity index (χ0n) is 13.7. The average molecular weight is 292 g/mol. The summed E-state index contributed by atoms with van der Waals surface area (Å²) in [5.74, 6) is 0.501. The van der Waals surface area contributed by atoms with E-state index in [2.05, 4.69) is 30.8 Å². The Labute approximate surface area is 127 Å². The maximum Gasteiger partial charge on any atom is 0.226 e. The van der Waals surface area contributed by atoms with E-state index >= 15 is 0 Å². The van der Waals surface area contributed by atoms with Gasteiger partial charge < -0.3 is 9.80 Å². The molecule has 0 aliphatic carbocycles. The number of nitrogens with zero attached hydrogens (tertiary/aromatic N) is 4. The first-order chi connectivity index (χ1) is 10.0. The number of piperidine rings is 1. The predicted octanol–water partition coefficient (Wildman–Crippen LogP) is 1.89. The third kappa shape index (κ3) is 4.06. The molecule has 1 aliphatic heterocycles. The van der Waals surface area contributed by atoms with E-state index in [1.807, 2.05) is 24.3 Å². The van der Waals surface area contributed by atoms with Gasteiger partial charge in [0.15, 0.2) is 0 Å². The minimum atomic E-state index is 0.191. The van der Waals surface area contributed by atoms with Gasteiger partial charge in [-0.2, -0.15) is 5.10 Å². The van der Waals surface area contributed by atoms with E-state index in [0.29, 0.717) is 18.5 Å². The zero-order valence-corrected chi connectivity index (χ0v) is 13.7. The van der Waals surface area contributed by atoms with Gasteiger partial charge >= 0.3 is 0 Å². The average Bonchev–Trinajstić information content (AvgIpc) is 2.89. The van der Waals surface area contributed by atoms with Gasteiger partial charge in [-0.3, -0.25) is 9.48 Å². The number of carbonyl (C=O) groups excluding carboxylic acids is 1. The molecule has 0 spiro atoms. The van der Waals surface area contributed by atoms with Gasteiger partial charge in [0, 0.05) is 43.9 Å². The molecule has 0 N–H and O–H groups in total. The Balaban J connectivity index is 1.91. The molecular weight excluding hydrogens is 264 g/mol. The molecule has 1 aliphatic rings. The highest BCUT2D eigenvalue weighted by molar-refractivity contribution is 5.79. The molecule has 0 unspecified atom stereocenters. The molecule has 0 aromatic carbocycles. The van der Waals surface area contributed by atoms with Crippen molar-refractivity contribution in [1.82, 2.24) is 19.6 Å². The fourth-order valence-corrected chi connectivity index (χ4v) is 3.04. The van der Waals surface area contributed by atoms with E-state index in [1.165, 1.54) is 0 Å². The second kappa shape index (κ2) is 7.07. The van der Waals surface area contributed by atoms with Crippen LogP contribution in [0, 0.1) is 5.92 Å². The molecule has 2 rings (SSSR count). The summed E-state index contributed by atoms with van der Waals surface area (Å²) in [6.45, 7) is 10.0. The maximum atomic E-state index is 12.7. The van der Waals surface area contributed by atoms with E-state index in [-0.39, 0.29) is 5.92 Å². The number of hydrogen-bond acceptors (Lipinski definition) is 3. The molecule has 0 radical (unpaired) electrons. The Hall–Kier alpha value is -1.36. The zero-order chi connectivity index (χ0) is 15.4. The van der Waals surface area contributed by atoms with Crippen LogP contribution >= 0.6 is 0 Å². The first-order valence-corrected chi connectivity index (χ1v) is 8.01. The molecule has 21 heavy (non-hydrogen) atoms. The normalized spacial score (nSPS) is 17.4. The van der Waals surface area contributed by atoms with Crippen molar-refractivity contribution in [3.8, 4) is 0 Å². The van der Waals surface area contributed by atoms with Crippen molar-refractivity contribution < 1.29 is 4.79 Å². The number of hydrogen-bond donors (Lipinski definition) is 0. The maximum absolute atomic E-state index is 12.7. The highest BCUT2D eigenvalue weighted by Gasteiger charge is 2.28. The fourth-order valence-electron chi connectivity index (χ4n) is 3.04. The summed E-state index contributed by atoms with van der Waals surface area (Å²) in [6, 6.07) is 0.582. The molecule has 0 atom stereocenters. The monoisotopic (exact) mass is 292 g/mol. The Morgan fingerprint density at radius 1 is 1.43 bits per heavy atom. The number of likely N-dealkylation sites (tertiary alicyclic amines) is 1. The quantitative estimate of drug-likeness (QED) is 0.832. The van der Waals surface area contributed by atoms with Crippen LogP contribution in [0.1, 0.15) is 39.2 Å². The third-order valence-corrected chi connectivity index (χ3v) is 4.43. The van der Waals surface area contributed by atoms with Gasteiger partial charge in [0.2, 0.25) is 5.91 Å². The summed E-state index contributed by atoms with van der Waals surface area (Å²) < 4.78 is 1.79. The Morgan fingerprint density at radius 3 is 2.57 bits per heavy atom. The summed E-state index contributed by atoms with van der Waals surface area (Å²) >= 11 is 0. The molecule has 2 heterocycles. The standard InChI is InChI=1S/C16H28N4O/c1-5-19(12-14-10-17-18(4)11-14)16(21)15-6-8-20(9-7-15)13(2)3/h10-11,13,15H,5-9,12H2,1-4H3. The Morgan fingerprint density at radius 2 is 2.10 bits per heavy atom. The van der Waals surface area contributed by atoms with Crippen molar-refractivity contribution >= 4 is 5.91 Å². The van der Waals surface area contributed by atoms with E-state index < -0.39 is 0 Å². The number of aromatic nitrogens is 2. The number of carbonyl (C=O) groups is 1. The van der Waals surface area contributed by atoms with Gasteiger partial charge in [0.25, 0.3) is 0 Å². The largest absolute Gasteiger partial charge is 0.338 e. The van der Waals surface area contributed by atoms with Crippen LogP contribution in [0.5, 0.6) is 0 Å². The predicted molar refractivity (Wildman–Crippen MR) is 83.7 cm³/mol. The van der Waals surface area contributed by atoms with Crippen molar-refractivity contribution in [2.45, 2.75) is 46.2 Å². The van der Waals surface area contributed by atoms with Crippen LogP contribution in [0.15, 0.2) is 12.4 Å². The Bertz CT molecular complexity index is 461. The van der Waals surface area contributed by atoms with E-state index in [4.69, 9.17) is 0 Å². The lowest BCUT2D eigenvalue weighted by Crippen LogP contribution is -2.44. The lowest BCUT2D eigenvalue weighted by atomic mass is 9.94. The molecule has 1 amide bonds. The van der Waals surface area contributed by atoms with Crippen LogP contribution in [0.2, 0.25) is 0 Å². The highest BCUT2D eigenvalue weighted by atomic mass is 16.2. The van der Waals surface area contributed by atoms with Crippen LogP contribution in [0.4, 0.5) is 0 Å². The molecule has 0 saturated carbocycles. The summed E-state index contributed by atoms with van der Waals surface area (Å²) in [6.07, 6.45) is 5.80. The number of amides is 1. The van der Waals surface area contributed by atoms with Gasteiger partial charge in [-0.05, 0) is 46.7 Å². The van der Waals surface area contributed by atoms with Crippen LogP contribution in [-0.4, -0.2) is 51.2 Å². The van der Waals surface area contributed by atoms with Gasteiger partial charge in [-0.15, -0.1) is 0 Å². The van der Waals surface area contributed by atoms with Crippen molar-refractivity contribution in [2.24, 2.45) is 13.0 Å². The molecule has 5 heteroatoms. The lowest BCUT2D eigenvalue weighted by molar-refractivity contribution is -0.137. The van der Waals surface area contributed by atoms with Gasteiger partial charge in [-0.1, -0.05) is 0 Å². The van der Waals surface area contributed by atoms with Gasteiger partial charge in [0.05, 0.1) is 6.20 Å². The van der Waals surface area contributed by atoms with Crippen LogP contribution < -0.4 is 0 Å². The first-order valence-electron chi connectivity index (χ1n) is 8.01. The smallest absolute Gasteiger partial charge is 0.226 e. The molecule has 1 aromatic rings. The highest BCUT2D eigenvalue weighted by Crippen LogP contribution is 2.22. The minimum absolute atomic E-state index is 0.191. The van der Waals surface area contributed by atoms with Crippen molar-refractivity contribution in [3.05, 3.63) is 18.0 Å². The number of aryl methyl sites for hydroxylation is 1. The van der Waals surface area contributed by atoms with Crippen LogP contribution in [0.25, 0.3) is 0 Å². The van der Waals surface area contributed by atoms with Crippen molar-refractivity contribution in [2.75, 3.05) is 19.6 Å². The van der Waals surface area contributed by atoms with E-state index in [1.54, 1.807) is 4.68 Å². The summed E-state index contributed by atoms with van der Waals surface area (Å²) in [5, 5.41) is 4.18. The topological polar surface area (TPSA) is 41.4 Å². The SMILES string of the molecule is CCN(Cc1cnn(C)c1)C(=O)C1CCN(C(C)C)CC1. The van der Waals surface area contributed by atoms with E-state index in [0.717, 1.165) is 38.0 Å². The number of rotatable bonds is 5. The second-order valence-corrected chi connectivity index (χ2v) is 6.28. The minimum Gasteiger partial charge on any atom is -0.338 e. The molecule has 1 saturated heterocycles. The van der Waals surface area contributed by atoms with Crippen LogP contribution in [0.3, 0.4) is 0 Å². The summed E-state index contributed by atoms with van der Waals surface area (Å²) in [7, 11) is 1.91. The summed E-state index contributed by atoms with van der Waals surface area (Å²) in [4.78, 5) is 17.1. The van der Waals surface area contributed by atoms with E-state index in [9.17, 15) is 4.79 Å². The van der Waals surface area contributed by atoms with Crippen molar-refractivity contribution in [1.29, 1.82) is 0 Å². The molecule has 0 bridgehead atoms.